The molecule has 2 N–H and O–H groups in total. The van der Waals surface area contributed by atoms with Crippen molar-refractivity contribution in [3.05, 3.63) is 28.2 Å². The minimum absolute atomic E-state index is 0.0824. The van der Waals surface area contributed by atoms with Crippen LogP contribution in [-0.2, 0) is 0 Å². The molecule has 1 saturated heterocycles. The summed E-state index contributed by atoms with van der Waals surface area (Å²) in [7, 11) is 0. The van der Waals surface area contributed by atoms with Crippen LogP contribution in [0.3, 0.4) is 0 Å². The van der Waals surface area contributed by atoms with E-state index in [0.717, 1.165) is 25.9 Å². The van der Waals surface area contributed by atoms with E-state index in [9.17, 15) is 9.59 Å². The van der Waals surface area contributed by atoms with Crippen molar-refractivity contribution in [2.75, 3.05) is 18.4 Å². The molecule has 2 amide bonds. The van der Waals surface area contributed by atoms with E-state index in [1.54, 1.807) is 17.0 Å². The normalized spacial score (nSPS) is 18.1. The second kappa shape index (κ2) is 6.26. The van der Waals surface area contributed by atoms with Gasteiger partial charge in [0.2, 0.25) is 0 Å². The van der Waals surface area contributed by atoms with Crippen LogP contribution in [0.5, 0.6) is 0 Å². The van der Waals surface area contributed by atoms with Gasteiger partial charge in [-0.15, -0.1) is 0 Å². The minimum atomic E-state index is -1.06. The molecule has 1 fully saturated rings. The molecule has 1 aromatic rings. The lowest BCUT2D eigenvalue weighted by atomic mass is 10.1. The summed E-state index contributed by atoms with van der Waals surface area (Å²) < 4.78 is 0.667. The number of halogens is 1. The van der Waals surface area contributed by atoms with Crippen molar-refractivity contribution in [2.45, 2.75) is 19.8 Å². The van der Waals surface area contributed by atoms with Crippen LogP contribution in [0.15, 0.2) is 22.7 Å². The second-order valence-electron chi connectivity index (χ2n) is 4.93. The van der Waals surface area contributed by atoms with Crippen molar-refractivity contribution in [1.82, 2.24) is 4.90 Å². The van der Waals surface area contributed by atoms with Crippen LogP contribution in [-0.4, -0.2) is 35.1 Å². The first kappa shape index (κ1) is 14.8. The highest BCUT2D eigenvalue weighted by Crippen LogP contribution is 2.23. The molecule has 0 saturated carbocycles. The fraction of sp³-hybridized carbons (Fsp3) is 0.429. The van der Waals surface area contributed by atoms with Crippen LogP contribution < -0.4 is 5.32 Å². The molecular weight excluding hydrogens is 324 g/mol. The summed E-state index contributed by atoms with van der Waals surface area (Å²) in [5, 5.41) is 11.9. The number of urea groups is 1. The van der Waals surface area contributed by atoms with Gasteiger partial charge in [-0.1, -0.05) is 29.3 Å². The lowest BCUT2D eigenvalue weighted by Crippen LogP contribution is -2.33. The number of carboxylic acids is 1. The number of anilines is 1. The summed E-state index contributed by atoms with van der Waals surface area (Å²) in [5.74, 6) is -0.515. The van der Waals surface area contributed by atoms with Crippen LogP contribution >= 0.6 is 15.9 Å². The molecule has 6 heteroatoms. The summed E-state index contributed by atoms with van der Waals surface area (Å²) in [6.07, 6.45) is 2.07. The third-order valence-electron chi connectivity index (χ3n) is 3.60. The van der Waals surface area contributed by atoms with Gasteiger partial charge in [0, 0.05) is 17.6 Å². The van der Waals surface area contributed by atoms with Crippen LogP contribution in [0.2, 0.25) is 0 Å². The van der Waals surface area contributed by atoms with Gasteiger partial charge >= 0.3 is 12.0 Å². The predicted molar refractivity (Wildman–Crippen MR) is 80.1 cm³/mol. The zero-order valence-corrected chi connectivity index (χ0v) is 12.8. The average Bonchev–Trinajstić information content (AvgIpc) is 2.89. The number of amides is 2. The quantitative estimate of drug-likeness (QED) is 0.885. The Morgan fingerprint density at radius 2 is 2.25 bits per heavy atom. The Morgan fingerprint density at radius 1 is 1.50 bits per heavy atom. The summed E-state index contributed by atoms with van der Waals surface area (Å²) >= 11 is 3.23. The number of aromatic carboxylic acids is 1. The highest BCUT2D eigenvalue weighted by atomic mass is 79.9. The Hall–Kier alpha value is -1.56. The van der Waals surface area contributed by atoms with Gasteiger partial charge in [0.1, 0.15) is 0 Å². The maximum Gasteiger partial charge on any atom is 0.337 e. The molecule has 1 unspecified atom stereocenters. The van der Waals surface area contributed by atoms with E-state index >= 15 is 0 Å². The van der Waals surface area contributed by atoms with E-state index < -0.39 is 5.97 Å². The lowest BCUT2D eigenvalue weighted by Gasteiger charge is -2.18. The van der Waals surface area contributed by atoms with Gasteiger partial charge in [-0.2, -0.15) is 0 Å². The number of hydrogen-bond acceptors (Lipinski definition) is 2. The van der Waals surface area contributed by atoms with Crippen LogP contribution in [0.1, 0.15) is 30.1 Å². The van der Waals surface area contributed by atoms with E-state index in [2.05, 4.69) is 28.2 Å². The topological polar surface area (TPSA) is 69.6 Å². The maximum atomic E-state index is 12.1. The molecule has 2 rings (SSSR count). The van der Waals surface area contributed by atoms with Gasteiger partial charge in [-0.25, -0.2) is 9.59 Å². The molecule has 1 aliphatic rings. The lowest BCUT2D eigenvalue weighted by molar-refractivity contribution is 0.0698. The molecule has 0 bridgehead atoms. The van der Waals surface area contributed by atoms with Crippen molar-refractivity contribution in [2.24, 2.45) is 5.92 Å². The number of nitrogens with one attached hydrogen (secondary N) is 1. The number of carbonyl (C=O) groups excluding carboxylic acids is 1. The molecule has 0 spiro atoms. The Balaban J connectivity index is 2.10. The standard InChI is InChI=1S/C14H17BrN2O3/c1-2-9-5-6-17(8-9)14(20)16-12-4-3-10(15)7-11(12)13(18)19/h3-4,7,9H,2,5-6,8H2,1H3,(H,16,20)(H,18,19). The first-order valence-corrected chi connectivity index (χ1v) is 7.39. The van der Waals surface area contributed by atoms with Crippen LogP contribution in [0.4, 0.5) is 10.5 Å². The first-order chi connectivity index (χ1) is 9.51. The summed E-state index contributed by atoms with van der Waals surface area (Å²) in [4.78, 5) is 25.1. The summed E-state index contributed by atoms with van der Waals surface area (Å²) in [5.41, 5.74) is 0.407. The minimum Gasteiger partial charge on any atom is -0.478 e. The molecule has 1 heterocycles. The van der Waals surface area contributed by atoms with Crippen LogP contribution in [0, 0.1) is 5.92 Å². The van der Waals surface area contributed by atoms with Gasteiger partial charge in [0.25, 0.3) is 0 Å². The van der Waals surface area contributed by atoms with Crippen molar-refractivity contribution in [3.8, 4) is 0 Å². The Bertz CT molecular complexity index is 533. The highest BCUT2D eigenvalue weighted by molar-refractivity contribution is 9.10. The zero-order chi connectivity index (χ0) is 14.7. The number of carbonyl (C=O) groups is 2. The van der Waals surface area contributed by atoms with E-state index in [4.69, 9.17) is 5.11 Å². The van der Waals surface area contributed by atoms with Gasteiger partial charge in [0.15, 0.2) is 0 Å². The molecule has 0 radical (unpaired) electrons. The second-order valence-corrected chi connectivity index (χ2v) is 5.85. The van der Waals surface area contributed by atoms with E-state index in [1.807, 2.05) is 0 Å². The van der Waals surface area contributed by atoms with Gasteiger partial charge < -0.3 is 15.3 Å². The molecule has 1 aliphatic heterocycles. The molecular formula is C14H17BrN2O3. The molecule has 1 aromatic carbocycles. The molecule has 1 atom stereocenters. The van der Waals surface area contributed by atoms with Crippen molar-refractivity contribution < 1.29 is 14.7 Å². The fourth-order valence-electron chi connectivity index (χ4n) is 2.35. The van der Waals surface area contributed by atoms with E-state index in [0.29, 0.717) is 16.1 Å². The van der Waals surface area contributed by atoms with E-state index in [1.165, 1.54) is 6.07 Å². The molecule has 20 heavy (non-hydrogen) atoms. The molecule has 0 aromatic heterocycles. The number of benzene rings is 1. The predicted octanol–water partition coefficient (Wildman–Crippen LogP) is 3.41. The third-order valence-corrected chi connectivity index (χ3v) is 4.10. The first-order valence-electron chi connectivity index (χ1n) is 6.60. The fourth-order valence-corrected chi connectivity index (χ4v) is 2.71. The van der Waals surface area contributed by atoms with Crippen molar-refractivity contribution in [3.63, 3.8) is 0 Å². The SMILES string of the molecule is CCC1CCN(C(=O)Nc2ccc(Br)cc2C(=O)O)C1. The smallest absolute Gasteiger partial charge is 0.337 e. The Morgan fingerprint density at radius 3 is 2.85 bits per heavy atom. The summed E-state index contributed by atoms with van der Waals surface area (Å²) in [6.45, 7) is 3.58. The number of nitrogens with zero attached hydrogens (tertiary/aromatic N) is 1. The number of hydrogen-bond donors (Lipinski definition) is 2. The van der Waals surface area contributed by atoms with Crippen molar-refractivity contribution >= 4 is 33.6 Å². The zero-order valence-electron chi connectivity index (χ0n) is 11.2. The average molecular weight is 341 g/mol. The van der Waals surface area contributed by atoms with E-state index in [-0.39, 0.29) is 11.6 Å². The van der Waals surface area contributed by atoms with Gasteiger partial charge in [-0.3, -0.25) is 0 Å². The van der Waals surface area contributed by atoms with Gasteiger partial charge in [-0.05, 0) is 30.5 Å². The van der Waals surface area contributed by atoms with Crippen molar-refractivity contribution in [1.29, 1.82) is 0 Å². The molecule has 5 nitrogen and oxygen atoms in total. The molecule has 108 valence electrons. The number of carboxylic acid groups (broad SMARTS) is 1. The molecule has 0 aliphatic carbocycles. The highest BCUT2D eigenvalue weighted by Gasteiger charge is 2.25. The number of likely N-dealkylation sites (tertiary alicyclic amines) is 1. The Kier molecular flexibility index (Phi) is 4.65. The number of rotatable bonds is 3. The van der Waals surface area contributed by atoms with Crippen LogP contribution in [0.25, 0.3) is 0 Å². The third kappa shape index (κ3) is 3.30. The summed E-state index contributed by atoms with van der Waals surface area (Å²) in [6, 6.07) is 4.56. The van der Waals surface area contributed by atoms with Gasteiger partial charge in [0.05, 0.1) is 11.3 Å². The maximum absolute atomic E-state index is 12.1. The monoisotopic (exact) mass is 340 g/mol. The Labute approximate surface area is 126 Å². The largest absolute Gasteiger partial charge is 0.478 e.